The Morgan fingerprint density at radius 3 is 2.62 bits per heavy atom. The summed E-state index contributed by atoms with van der Waals surface area (Å²) in [5, 5.41) is 4.75. The number of carbonyl (C=O) groups excluding carboxylic acids is 1. The van der Waals surface area contributed by atoms with Crippen LogP contribution in [0.4, 0.5) is 4.39 Å². The standard InChI is InChI=1S/C16H13ClFN3OS2/c1-3-20-15(22)13(24-16(20)23)8-12-9(2)19-21(14(12)17)11-6-4-10(18)5-7-11/h4-8H,3H2,1-2H3/b13-8+. The van der Waals surface area contributed by atoms with E-state index in [0.29, 0.717) is 37.9 Å². The molecule has 1 aliphatic rings. The third-order valence-corrected chi connectivity index (χ3v) is 5.33. The van der Waals surface area contributed by atoms with Gasteiger partial charge in [-0.25, -0.2) is 9.07 Å². The first-order valence-corrected chi connectivity index (χ1v) is 8.79. The van der Waals surface area contributed by atoms with Crippen molar-refractivity contribution in [1.82, 2.24) is 14.7 Å². The fourth-order valence-corrected chi connectivity index (χ4v) is 4.02. The number of halogens is 2. The molecule has 0 spiro atoms. The first kappa shape index (κ1) is 17.1. The highest BCUT2D eigenvalue weighted by atomic mass is 35.5. The van der Waals surface area contributed by atoms with E-state index in [1.165, 1.54) is 28.6 Å². The van der Waals surface area contributed by atoms with Crippen LogP contribution in [-0.2, 0) is 4.79 Å². The smallest absolute Gasteiger partial charge is 0.266 e. The number of rotatable bonds is 3. The van der Waals surface area contributed by atoms with Gasteiger partial charge in [0.2, 0.25) is 0 Å². The number of carbonyl (C=O) groups is 1. The molecule has 2 aromatic rings. The topological polar surface area (TPSA) is 38.1 Å². The van der Waals surface area contributed by atoms with E-state index < -0.39 is 0 Å². The van der Waals surface area contributed by atoms with Gasteiger partial charge in [0.15, 0.2) is 0 Å². The molecule has 0 bridgehead atoms. The summed E-state index contributed by atoms with van der Waals surface area (Å²) in [5.41, 5.74) is 1.97. The summed E-state index contributed by atoms with van der Waals surface area (Å²) in [5.74, 6) is -0.459. The summed E-state index contributed by atoms with van der Waals surface area (Å²) in [6.07, 6.45) is 1.71. The summed E-state index contributed by atoms with van der Waals surface area (Å²) in [7, 11) is 0. The van der Waals surface area contributed by atoms with Gasteiger partial charge in [0.25, 0.3) is 5.91 Å². The van der Waals surface area contributed by atoms with E-state index in [-0.39, 0.29) is 11.7 Å². The van der Waals surface area contributed by atoms with Crippen LogP contribution in [0.1, 0.15) is 18.2 Å². The monoisotopic (exact) mass is 381 g/mol. The lowest BCUT2D eigenvalue weighted by molar-refractivity contribution is -0.121. The summed E-state index contributed by atoms with van der Waals surface area (Å²) < 4.78 is 15.1. The van der Waals surface area contributed by atoms with E-state index in [4.69, 9.17) is 23.8 Å². The molecule has 0 radical (unpaired) electrons. The van der Waals surface area contributed by atoms with Crippen LogP contribution >= 0.6 is 35.6 Å². The number of likely N-dealkylation sites (N-methyl/N-ethyl adjacent to an activating group) is 1. The van der Waals surface area contributed by atoms with Gasteiger partial charge in [-0.3, -0.25) is 9.69 Å². The molecular formula is C16H13ClFN3OS2. The van der Waals surface area contributed by atoms with Gasteiger partial charge in [-0.15, -0.1) is 0 Å². The molecule has 1 aromatic heterocycles. The minimum atomic E-state index is -0.331. The first-order valence-electron chi connectivity index (χ1n) is 7.18. The van der Waals surface area contributed by atoms with Crippen molar-refractivity contribution in [2.45, 2.75) is 13.8 Å². The van der Waals surface area contributed by atoms with Crippen molar-refractivity contribution < 1.29 is 9.18 Å². The second-order valence-corrected chi connectivity index (χ2v) is 7.14. The zero-order valence-corrected chi connectivity index (χ0v) is 15.3. The van der Waals surface area contributed by atoms with Crippen molar-refractivity contribution in [2.75, 3.05) is 6.54 Å². The molecule has 1 aromatic carbocycles. The van der Waals surface area contributed by atoms with Crippen molar-refractivity contribution >= 4 is 51.9 Å². The van der Waals surface area contributed by atoms with E-state index in [1.54, 1.807) is 30.0 Å². The SMILES string of the molecule is CCN1C(=O)/C(=C\c2c(C)nn(-c3ccc(F)cc3)c2Cl)SC1=S. The Hall–Kier alpha value is -1.70. The minimum Gasteiger partial charge on any atom is -0.293 e. The fourth-order valence-electron chi connectivity index (χ4n) is 2.33. The van der Waals surface area contributed by atoms with E-state index >= 15 is 0 Å². The number of hydrogen-bond acceptors (Lipinski definition) is 4. The summed E-state index contributed by atoms with van der Waals surface area (Å²) in [6.45, 7) is 4.21. The van der Waals surface area contributed by atoms with Crippen molar-refractivity contribution in [3.8, 4) is 5.69 Å². The van der Waals surface area contributed by atoms with E-state index in [0.717, 1.165) is 0 Å². The maximum absolute atomic E-state index is 13.1. The number of amides is 1. The van der Waals surface area contributed by atoms with Crippen molar-refractivity contribution in [1.29, 1.82) is 0 Å². The highest BCUT2D eigenvalue weighted by Crippen LogP contribution is 2.34. The Bertz CT molecular complexity index is 861. The second kappa shape index (κ2) is 6.66. The Morgan fingerprint density at radius 2 is 2.04 bits per heavy atom. The van der Waals surface area contributed by atoms with Gasteiger partial charge < -0.3 is 0 Å². The molecule has 1 fully saturated rings. The van der Waals surface area contributed by atoms with Crippen LogP contribution in [0.5, 0.6) is 0 Å². The molecule has 4 nitrogen and oxygen atoms in total. The normalized spacial score (nSPS) is 16.5. The number of nitrogens with zero attached hydrogens (tertiary/aromatic N) is 3. The molecule has 2 heterocycles. The molecule has 0 atom stereocenters. The molecule has 0 N–H and O–H groups in total. The number of aryl methyl sites for hydroxylation is 1. The average Bonchev–Trinajstić information content (AvgIpc) is 2.98. The van der Waals surface area contributed by atoms with E-state index in [1.807, 2.05) is 6.92 Å². The molecular weight excluding hydrogens is 369 g/mol. The summed E-state index contributed by atoms with van der Waals surface area (Å²) >= 11 is 12.9. The largest absolute Gasteiger partial charge is 0.293 e. The molecule has 124 valence electrons. The lowest BCUT2D eigenvalue weighted by Gasteiger charge is -2.09. The molecule has 0 aliphatic carbocycles. The quantitative estimate of drug-likeness (QED) is 0.590. The van der Waals surface area contributed by atoms with Crippen LogP contribution in [0.25, 0.3) is 11.8 Å². The van der Waals surface area contributed by atoms with Gasteiger partial charge >= 0.3 is 0 Å². The van der Waals surface area contributed by atoms with Crippen LogP contribution < -0.4 is 0 Å². The second-order valence-electron chi connectivity index (χ2n) is 5.10. The predicted octanol–water partition coefficient (Wildman–Crippen LogP) is 4.19. The molecule has 1 aliphatic heterocycles. The summed E-state index contributed by atoms with van der Waals surface area (Å²) in [4.78, 5) is 14.4. The Balaban J connectivity index is 2.01. The zero-order chi connectivity index (χ0) is 17.4. The third-order valence-electron chi connectivity index (χ3n) is 3.58. The van der Waals surface area contributed by atoms with Crippen LogP contribution in [0.15, 0.2) is 29.2 Å². The molecule has 8 heteroatoms. The molecule has 24 heavy (non-hydrogen) atoms. The molecule has 0 unspecified atom stereocenters. The van der Waals surface area contributed by atoms with Crippen LogP contribution in [0, 0.1) is 12.7 Å². The predicted molar refractivity (Wildman–Crippen MR) is 98.8 cm³/mol. The van der Waals surface area contributed by atoms with Crippen LogP contribution in [0.3, 0.4) is 0 Å². The number of benzene rings is 1. The van der Waals surface area contributed by atoms with Gasteiger partial charge in [0, 0.05) is 12.1 Å². The minimum absolute atomic E-state index is 0.127. The van der Waals surface area contributed by atoms with Crippen molar-refractivity contribution in [2.24, 2.45) is 0 Å². The lowest BCUT2D eigenvalue weighted by atomic mass is 10.2. The van der Waals surface area contributed by atoms with Crippen LogP contribution in [0.2, 0.25) is 5.15 Å². The molecule has 0 saturated carbocycles. The van der Waals surface area contributed by atoms with Gasteiger partial charge in [-0.2, -0.15) is 5.10 Å². The molecule has 1 amide bonds. The maximum Gasteiger partial charge on any atom is 0.266 e. The van der Waals surface area contributed by atoms with E-state index in [9.17, 15) is 9.18 Å². The van der Waals surface area contributed by atoms with E-state index in [2.05, 4.69) is 5.10 Å². The van der Waals surface area contributed by atoms with Gasteiger partial charge in [-0.05, 0) is 44.2 Å². The Labute approximate surface area is 153 Å². The van der Waals surface area contributed by atoms with Gasteiger partial charge in [0.1, 0.15) is 15.3 Å². The van der Waals surface area contributed by atoms with Gasteiger partial charge in [0.05, 0.1) is 16.3 Å². The van der Waals surface area contributed by atoms with Crippen LogP contribution in [-0.4, -0.2) is 31.5 Å². The van der Waals surface area contributed by atoms with Crippen molar-refractivity contribution in [3.63, 3.8) is 0 Å². The highest BCUT2D eigenvalue weighted by molar-refractivity contribution is 8.26. The number of hydrogen-bond donors (Lipinski definition) is 0. The van der Waals surface area contributed by atoms with Crippen molar-refractivity contribution in [3.05, 3.63) is 51.4 Å². The Kier molecular flexibility index (Phi) is 4.76. The highest BCUT2D eigenvalue weighted by Gasteiger charge is 2.31. The number of thiocarbonyl (C=S) groups is 1. The average molecular weight is 382 g/mol. The number of aromatic nitrogens is 2. The summed E-state index contributed by atoms with van der Waals surface area (Å²) in [6, 6.07) is 5.87. The molecule has 1 saturated heterocycles. The zero-order valence-electron chi connectivity index (χ0n) is 12.9. The van der Waals surface area contributed by atoms with Gasteiger partial charge in [-0.1, -0.05) is 35.6 Å². The third kappa shape index (κ3) is 2.99. The first-order chi connectivity index (χ1) is 11.4. The Morgan fingerprint density at radius 1 is 1.38 bits per heavy atom. The lowest BCUT2D eigenvalue weighted by Crippen LogP contribution is -2.27. The maximum atomic E-state index is 13.1. The fraction of sp³-hybridized carbons (Fsp3) is 0.188. The number of thioether (sulfide) groups is 1. The molecule has 3 rings (SSSR count).